The molecule has 102 valence electrons. The second-order valence-electron chi connectivity index (χ2n) is 3.79. The number of carbonyl (C=O) groups excluding carboxylic acids is 1. The van der Waals surface area contributed by atoms with E-state index in [0.717, 1.165) is 6.07 Å². The number of phenolic OH excluding ortho intramolecular Hbond substituents is 1. The fourth-order valence-electron chi connectivity index (χ4n) is 1.51. The van der Waals surface area contributed by atoms with Crippen LogP contribution in [0.5, 0.6) is 11.5 Å². The highest BCUT2D eigenvalue weighted by Crippen LogP contribution is 2.28. The zero-order valence-corrected chi connectivity index (χ0v) is 10.1. The van der Waals surface area contributed by atoms with Crippen LogP contribution in [-0.2, 0) is 0 Å². The number of para-hydroxylation sites is 1. The quantitative estimate of drug-likeness (QED) is 0.509. The van der Waals surface area contributed by atoms with Gasteiger partial charge in [-0.2, -0.15) is 0 Å². The molecule has 0 aliphatic heterocycles. The molecule has 0 fully saturated rings. The lowest BCUT2D eigenvalue weighted by atomic mass is 10.2. The van der Waals surface area contributed by atoms with Gasteiger partial charge in [-0.3, -0.25) is 15.4 Å². The Balaban J connectivity index is 2.14. The maximum Gasteiger partial charge on any atom is 0.417 e. The van der Waals surface area contributed by atoms with Crippen LogP contribution in [0.1, 0.15) is 0 Å². The summed E-state index contributed by atoms with van der Waals surface area (Å²) in [6.07, 6.45) is -0.856. The fourth-order valence-corrected chi connectivity index (χ4v) is 1.51. The monoisotopic (exact) mass is 274 g/mol. The van der Waals surface area contributed by atoms with E-state index in [-0.39, 0.29) is 11.4 Å². The highest BCUT2D eigenvalue weighted by atomic mass is 16.6. The number of nitrogens with zero attached hydrogens (tertiary/aromatic N) is 1. The van der Waals surface area contributed by atoms with Gasteiger partial charge in [-0.15, -0.1) is 0 Å². The van der Waals surface area contributed by atoms with E-state index >= 15 is 0 Å². The Morgan fingerprint density at radius 3 is 2.55 bits per heavy atom. The van der Waals surface area contributed by atoms with Crippen LogP contribution in [0.4, 0.5) is 16.2 Å². The third kappa shape index (κ3) is 3.22. The molecule has 2 rings (SSSR count). The van der Waals surface area contributed by atoms with Crippen LogP contribution in [0.25, 0.3) is 0 Å². The number of amides is 1. The first-order chi connectivity index (χ1) is 9.56. The molecule has 0 atom stereocenters. The van der Waals surface area contributed by atoms with Crippen LogP contribution < -0.4 is 10.1 Å². The normalized spacial score (nSPS) is 9.80. The lowest BCUT2D eigenvalue weighted by molar-refractivity contribution is -0.384. The van der Waals surface area contributed by atoms with Gasteiger partial charge >= 0.3 is 6.09 Å². The molecule has 2 N–H and O–H groups in total. The van der Waals surface area contributed by atoms with Gasteiger partial charge in [-0.1, -0.05) is 18.2 Å². The number of benzene rings is 2. The van der Waals surface area contributed by atoms with E-state index in [9.17, 15) is 20.0 Å². The standard InChI is InChI=1S/C13H10N2O5/c16-9-6-7-11(12(8-9)15(18)19)14-13(17)20-10-4-2-1-3-5-10/h1-8,16H,(H,14,17). The maximum atomic E-state index is 11.6. The molecule has 0 aliphatic carbocycles. The number of phenols is 1. The minimum absolute atomic E-state index is 0.0614. The summed E-state index contributed by atoms with van der Waals surface area (Å²) in [5, 5.41) is 22.3. The summed E-state index contributed by atoms with van der Waals surface area (Å²) in [4.78, 5) is 21.7. The van der Waals surface area contributed by atoms with E-state index in [1.165, 1.54) is 12.1 Å². The number of nitro benzene ring substituents is 1. The maximum absolute atomic E-state index is 11.6. The number of rotatable bonds is 3. The van der Waals surface area contributed by atoms with Crippen molar-refractivity contribution in [1.82, 2.24) is 0 Å². The van der Waals surface area contributed by atoms with Crippen LogP contribution in [0.15, 0.2) is 48.5 Å². The second-order valence-corrected chi connectivity index (χ2v) is 3.79. The van der Waals surface area contributed by atoms with Crippen molar-refractivity contribution in [2.75, 3.05) is 5.32 Å². The van der Waals surface area contributed by atoms with Gasteiger partial charge in [0.1, 0.15) is 17.2 Å². The zero-order chi connectivity index (χ0) is 14.5. The van der Waals surface area contributed by atoms with Crippen molar-refractivity contribution in [3.8, 4) is 11.5 Å². The van der Waals surface area contributed by atoms with Gasteiger partial charge in [-0.25, -0.2) is 4.79 Å². The third-order valence-electron chi connectivity index (χ3n) is 2.37. The first-order valence-electron chi connectivity index (χ1n) is 5.57. The molecule has 0 aliphatic rings. The Kier molecular flexibility index (Phi) is 3.80. The van der Waals surface area contributed by atoms with Crippen molar-refractivity contribution in [3.05, 3.63) is 58.6 Å². The Hall–Kier alpha value is -3.09. The minimum Gasteiger partial charge on any atom is -0.508 e. The van der Waals surface area contributed by atoms with Gasteiger partial charge in [0.15, 0.2) is 0 Å². The highest BCUT2D eigenvalue weighted by molar-refractivity contribution is 5.89. The zero-order valence-electron chi connectivity index (χ0n) is 10.1. The van der Waals surface area contributed by atoms with E-state index in [1.54, 1.807) is 30.3 Å². The Labute approximate surface area is 113 Å². The summed E-state index contributed by atoms with van der Waals surface area (Å²) in [6, 6.07) is 11.7. The predicted octanol–water partition coefficient (Wildman–Crippen LogP) is 2.91. The van der Waals surface area contributed by atoms with E-state index < -0.39 is 16.7 Å². The van der Waals surface area contributed by atoms with Crippen LogP contribution in [0.2, 0.25) is 0 Å². The average Bonchev–Trinajstić information content (AvgIpc) is 2.41. The lowest BCUT2D eigenvalue weighted by Gasteiger charge is -2.07. The number of ether oxygens (including phenoxy) is 1. The number of aromatic hydroxyl groups is 1. The third-order valence-corrected chi connectivity index (χ3v) is 2.37. The number of hydrogen-bond acceptors (Lipinski definition) is 5. The fraction of sp³-hybridized carbons (Fsp3) is 0. The number of carbonyl (C=O) groups is 1. The molecule has 20 heavy (non-hydrogen) atoms. The van der Waals surface area contributed by atoms with Gasteiger partial charge in [0.05, 0.1) is 11.0 Å². The molecule has 2 aromatic rings. The van der Waals surface area contributed by atoms with Crippen molar-refractivity contribution in [1.29, 1.82) is 0 Å². The van der Waals surface area contributed by atoms with Crippen molar-refractivity contribution < 1.29 is 19.6 Å². The Bertz CT molecular complexity index is 642. The minimum atomic E-state index is -0.856. The van der Waals surface area contributed by atoms with Gasteiger partial charge in [0.25, 0.3) is 5.69 Å². The summed E-state index contributed by atoms with van der Waals surface area (Å²) >= 11 is 0. The van der Waals surface area contributed by atoms with Crippen LogP contribution in [0.3, 0.4) is 0 Å². The van der Waals surface area contributed by atoms with Gasteiger partial charge < -0.3 is 9.84 Å². The molecule has 2 aromatic carbocycles. The molecule has 0 saturated carbocycles. The van der Waals surface area contributed by atoms with Gasteiger partial charge in [0, 0.05) is 0 Å². The average molecular weight is 274 g/mol. The van der Waals surface area contributed by atoms with E-state index in [2.05, 4.69) is 5.32 Å². The molecule has 0 saturated heterocycles. The SMILES string of the molecule is O=C(Nc1ccc(O)cc1[N+](=O)[O-])Oc1ccccc1. The van der Waals surface area contributed by atoms with Crippen molar-refractivity contribution >= 4 is 17.5 Å². The molecule has 7 nitrogen and oxygen atoms in total. The first kappa shape index (κ1) is 13.3. The number of nitro groups is 1. The Morgan fingerprint density at radius 2 is 1.90 bits per heavy atom. The second kappa shape index (κ2) is 5.70. The molecular weight excluding hydrogens is 264 g/mol. The van der Waals surface area contributed by atoms with Gasteiger partial charge in [-0.05, 0) is 24.3 Å². The molecule has 0 radical (unpaired) electrons. The molecular formula is C13H10N2O5. The summed E-state index contributed by atoms with van der Waals surface area (Å²) in [7, 11) is 0. The summed E-state index contributed by atoms with van der Waals surface area (Å²) in [5.41, 5.74) is -0.483. The van der Waals surface area contributed by atoms with Crippen LogP contribution >= 0.6 is 0 Å². The topological polar surface area (TPSA) is 102 Å². The number of anilines is 1. The predicted molar refractivity (Wildman–Crippen MR) is 70.8 cm³/mol. The summed E-state index contributed by atoms with van der Waals surface area (Å²) < 4.78 is 4.95. The van der Waals surface area contributed by atoms with E-state index in [0.29, 0.717) is 5.75 Å². The molecule has 1 amide bonds. The molecule has 7 heteroatoms. The van der Waals surface area contributed by atoms with Crippen molar-refractivity contribution in [2.45, 2.75) is 0 Å². The molecule has 0 heterocycles. The molecule has 0 spiro atoms. The number of nitrogens with one attached hydrogen (secondary N) is 1. The lowest BCUT2D eigenvalue weighted by Crippen LogP contribution is -2.17. The van der Waals surface area contributed by atoms with Crippen molar-refractivity contribution in [2.24, 2.45) is 0 Å². The molecule has 0 unspecified atom stereocenters. The van der Waals surface area contributed by atoms with Crippen molar-refractivity contribution in [3.63, 3.8) is 0 Å². The molecule has 0 bridgehead atoms. The first-order valence-corrected chi connectivity index (χ1v) is 5.57. The Morgan fingerprint density at radius 1 is 1.20 bits per heavy atom. The summed E-state index contributed by atoms with van der Waals surface area (Å²) in [5.74, 6) is 0.0464. The molecule has 0 aromatic heterocycles. The van der Waals surface area contributed by atoms with Crippen LogP contribution in [-0.4, -0.2) is 16.1 Å². The van der Waals surface area contributed by atoms with E-state index in [1.807, 2.05) is 0 Å². The van der Waals surface area contributed by atoms with E-state index in [4.69, 9.17) is 4.74 Å². The van der Waals surface area contributed by atoms with Gasteiger partial charge in [0.2, 0.25) is 0 Å². The number of hydrogen-bond donors (Lipinski definition) is 2. The summed E-state index contributed by atoms with van der Waals surface area (Å²) in [6.45, 7) is 0. The smallest absolute Gasteiger partial charge is 0.417 e. The largest absolute Gasteiger partial charge is 0.508 e. The van der Waals surface area contributed by atoms with Crippen LogP contribution in [0, 0.1) is 10.1 Å². The highest BCUT2D eigenvalue weighted by Gasteiger charge is 2.17.